The maximum atomic E-state index is 17.6. The summed E-state index contributed by atoms with van der Waals surface area (Å²) in [4.78, 5) is 25.1. The van der Waals surface area contributed by atoms with E-state index in [1.165, 1.54) is 6.92 Å². The van der Waals surface area contributed by atoms with Crippen LogP contribution in [0.5, 0.6) is 0 Å². The zero-order chi connectivity index (χ0) is 29.4. The van der Waals surface area contributed by atoms with Crippen molar-refractivity contribution < 1.29 is 28.6 Å². The van der Waals surface area contributed by atoms with Crippen molar-refractivity contribution in [3.8, 4) is 0 Å². The molecule has 4 aliphatic rings. The SMILES string of the molecule is CC(=O)N/N=C1\C=C[C@@]2(C)C(=C1)CC[C@H]1[C@@H]3C[C@@H](C)[C@](O)(C(=O)CO[Si](C)(C)C(C)(C)C)[C@@]3(C)C[C@H](O)[C@@]12F. The molecule has 0 aliphatic heterocycles. The number of carbonyl (C=O) groups excluding carboxylic acids is 2. The molecule has 3 saturated carbocycles. The quantitative estimate of drug-likeness (QED) is 0.328. The number of halogens is 1. The average molecular weight is 563 g/mol. The number of hydrogen-bond acceptors (Lipinski definition) is 6. The molecule has 3 N–H and O–H groups in total. The van der Waals surface area contributed by atoms with Crippen molar-refractivity contribution in [3.05, 3.63) is 23.8 Å². The highest BCUT2D eigenvalue weighted by molar-refractivity contribution is 6.74. The lowest BCUT2D eigenvalue weighted by Gasteiger charge is -2.62. The number of aliphatic hydroxyl groups is 2. The summed E-state index contributed by atoms with van der Waals surface area (Å²) in [5, 5.41) is 27.8. The summed E-state index contributed by atoms with van der Waals surface area (Å²) < 4.78 is 23.8. The fourth-order valence-electron chi connectivity index (χ4n) is 7.94. The molecule has 4 rings (SSSR count). The van der Waals surface area contributed by atoms with E-state index in [0.29, 0.717) is 25.0 Å². The van der Waals surface area contributed by atoms with Gasteiger partial charge >= 0.3 is 0 Å². The third-order valence-corrected chi connectivity index (χ3v) is 15.9. The van der Waals surface area contributed by atoms with Gasteiger partial charge in [-0.25, -0.2) is 9.82 Å². The maximum absolute atomic E-state index is 17.6. The molecule has 0 unspecified atom stereocenters. The van der Waals surface area contributed by atoms with Crippen LogP contribution in [0.25, 0.3) is 0 Å². The van der Waals surface area contributed by atoms with Crippen LogP contribution in [-0.4, -0.2) is 59.9 Å². The van der Waals surface area contributed by atoms with Gasteiger partial charge in [-0.15, -0.1) is 0 Å². The van der Waals surface area contributed by atoms with Crippen LogP contribution in [0.15, 0.2) is 28.9 Å². The number of hydrazone groups is 1. The summed E-state index contributed by atoms with van der Waals surface area (Å²) in [6.45, 7) is 17.2. The highest BCUT2D eigenvalue weighted by Gasteiger charge is 2.75. The Kier molecular flexibility index (Phi) is 7.32. The molecular formula is C30H47FN2O5Si. The first-order chi connectivity index (χ1) is 17.8. The second kappa shape index (κ2) is 9.43. The van der Waals surface area contributed by atoms with Crippen LogP contribution in [0.3, 0.4) is 0 Å². The van der Waals surface area contributed by atoms with Crippen LogP contribution >= 0.6 is 0 Å². The minimum atomic E-state index is -2.23. The Balaban J connectivity index is 1.66. The van der Waals surface area contributed by atoms with E-state index in [-0.39, 0.29) is 41.6 Å². The van der Waals surface area contributed by atoms with Crippen molar-refractivity contribution in [1.82, 2.24) is 5.43 Å². The Bertz CT molecular complexity index is 1140. The number of nitrogens with zero attached hydrogens (tertiary/aromatic N) is 1. The number of rotatable bonds is 5. The summed E-state index contributed by atoms with van der Waals surface area (Å²) in [6.07, 6.45) is 5.49. The highest BCUT2D eigenvalue weighted by atomic mass is 28.4. The number of alkyl halides is 1. The molecule has 0 saturated heterocycles. The third kappa shape index (κ3) is 4.25. The van der Waals surface area contributed by atoms with Crippen molar-refractivity contribution in [3.63, 3.8) is 0 Å². The predicted molar refractivity (Wildman–Crippen MR) is 152 cm³/mol. The molecule has 8 atom stereocenters. The lowest BCUT2D eigenvalue weighted by atomic mass is 9.44. The van der Waals surface area contributed by atoms with E-state index >= 15 is 4.39 Å². The lowest BCUT2D eigenvalue weighted by Crippen LogP contribution is -2.69. The first-order valence-electron chi connectivity index (χ1n) is 14.3. The van der Waals surface area contributed by atoms with Gasteiger partial charge in [-0.3, -0.25) is 9.59 Å². The van der Waals surface area contributed by atoms with Gasteiger partial charge in [0.15, 0.2) is 19.8 Å². The lowest BCUT2D eigenvalue weighted by molar-refractivity contribution is -0.219. The van der Waals surface area contributed by atoms with Crippen molar-refractivity contribution in [2.75, 3.05) is 6.61 Å². The Morgan fingerprint density at radius 1 is 1.26 bits per heavy atom. The molecule has 1 amide bonds. The smallest absolute Gasteiger partial charge is 0.236 e. The molecule has 0 aromatic heterocycles. The Morgan fingerprint density at radius 2 is 1.90 bits per heavy atom. The van der Waals surface area contributed by atoms with Gasteiger partial charge in [-0.1, -0.05) is 46.3 Å². The second-order valence-electron chi connectivity index (χ2n) is 14.4. The normalized spacial score (nSPS) is 42.9. The maximum Gasteiger partial charge on any atom is 0.236 e. The number of allylic oxidation sites excluding steroid dienone is 4. The number of amides is 1. The van der Waals surface area contributed by atoms with Gasteiger partial charge in [0.1, 0.15) is 5.60 Å². The van der Waals surface area contributed by atoms with Gasteiger partial charge in [-0.2, -0.15) is 5.10 Å². The van der Waals surface area contributed by atoms with Gasteiger partial charge < -0.3 is 14.6 Å². The molecule has 39 heavy (non-hydrogen) atoms. The molecule has 0 aromatic carbocycles. The summed E-state index contributed by atoms with van der Waals surface area (Å²) in [7, 11) is -2.23. The molecule has 0 spiro atoms. The molecule has 7 nitrogen and oxygen atoms in total. The van der Waals surface area contributed by atoms with E-state index in [1.807, 2.05) is 26.8 Å². The molecular weight excluding hydrogens is 515 g/mol. The standard InChI is InChI=1S/C30H47FN2O5Si/c1-18-14-23-22-11-10-20-15-21(33-32-19(2)34)12-13-27(20,6)29(22,31)24(35)16-28(23,7)30(18,37)25(36)17-38-39(8,9)26(3,4)5/h12-13,15,18,22-24,35,37H,10-11,14,16-17H2,1-9H3,(H,32,34)/b33-21+/t18-,22+,23+,24+,27+,28+,29+,30+/m1/s1. The Morgan fingerprint density at radius 3 is 2.49 bits per heavy atom. The summed E-state index contributed by atoms with van der Waals surface area (Å²) in [5.74, 6) is -1.84. The van der Waals surface area contributed by atoms with E-state index in [4.69, 9.17) is 4.43 Å². The van der Waals surface area contributed by atoms with Gasteiger partial charge in [0, 0.05) is 23.7 Å². The topological polar surface area (TPSA) is 108 Å². The Hall–Kier alpha value is -1.68. The minimum absolute atomic E-state index is 0.0130. The highest BCUT2D eigenvalue weighted by Crippen LogP contribution is 2.70. The van der Waals surface area contributed by atoms with Crippen LogP contribution in [0.2, 0.25) is 18.1 Å². The monoisotopic (exact) mass is 562 g/mol. The third-order valence-electron chi connectivity index (χ3n) is 11.4. The number of fused-ring (bicyclic) bond motifs is 5. The Labute approximate surface area is 233 Å². The minimum Gasteiger partial charge on any atom is -0.409 e. The zero-order valence-corrected chi connectivity index (χ0v) is 26.0. The molecule has 0 heterocycles. The number of ketones is 1. The van der Waals surface area contributed by atoms with Gasteiger partial charge in [0.05, 0.1) is 18.4 Å². The number of aliphatic hydroxyl groups excluding tert-OH is 1. The summed E-state index contributed by atoms with van der Waals surface area (Å²) in [5.41, 5.74) is -1.93. The summed E-state index contributed by atoms with van der Waals surface area (Å²) in [6, 6.07) is 0. The predicted octanol–water partition coefficient (Wildman–Crippen LogP) is 4.85. The van der Waals surface area contributed by atoms with E-state index in [1.54, 1.807) is 12.2 Å². The van der Waals surface area contributed by atoms with Crippen LogP contribution in [0.1, 0.15) is 74.1 Å². The molecule has 3 fully saturated rings. The number of nitrogens with one attached hydrogen (secondary N) is 1. The van der Waals surface area contributed by atoms with Crippen molar-refractivity contribution in [2.24, 2.45) is 33.7 Å². The van der Waals surface area contributed by atoms with Crippen LogP contribution in [0.4, 0.5) is 4.39 Å². The van der Waals surface area contributed by atoms with E-state index in [2.05, 4.69) is 44.4 Å². The van der Waals surface area contributed by atoms with E-state index in [9.17, 15) is 19.8 Å². The molecule has 4 aliphatic carbocycles. The first kappa shape index (κ1) is 30.3. The fourth-order valence-corrected chi connectivity index (χ4v) is 8.86. The van der Waals surface area contributed by atoms with Gasteiger partial charge in [-0.05, 0) is 74.7 Å². The van der Waals surface area contributed by atoms with Gasteiger partial charge in [0.2, 0.25) is 5.91 Å². The number of hydrogen-bond donors (Lipinski definition) is 3. The van der Waals surface area contributed by atoms with Crippen molar-refractivity contribution in [2.45, 2.75) is 110 Å². The number of carbonyl (C=O) groups is 2. The number of Topliss-reactive ketones (excluding diaryl/α,β-unsaturated/α-hetero) is 1. The largest absolute Gasteiger partial charge is 0.409 e. The molecule has 0 radical (unpaired) electrons. The average Bonchev–Trinajstić information content (AvgIpc) is 3.02. The van der Waals surface area contributed by atoms with Crippen LogP contribution in [0, 0.1) is 28.6 Å². The second-order valence-corrected chi connectivity index (χ2v) is 19.3. The van der Waals surface area contributed by atoms with Crippen molar-refractivity contribution in [1.29, 1.82) is 0 Å². The van der Waals surface area contributed by atoms with Crippen LogP contribution in [-0.2, 0) is 14.0 Å². The van der Waals surface area contributed by atoms with E-state index in [0.717, 1.165) is 5.57 Å². The first-order valence-corrected chi connectivity index (χ1v) is 17.2. The molecule has 9 heteroatoms. The van der Waals surface area contributed by atoms with Gasteiger partial charge in [0.25, 0.3) is 0 Å². The summed E-state index contributed by atoms with van der Waals surface area (Å²) >= 11 is 0. The molecule has 0 aromatic rings. The molecule has 218 valence electrons. The van der Waals surface area contributed by atoms with Crippen LogP contribution < -0.4 is 5.43 Å². The van der Waals surface area contributed by atoms with Crippen molar-refractivity contribution >= 4 is 25.7 Å². The zero-order valence-electron chi connectivity index (χ0n) is 25.0. The molecule has 0 bridgehead atoms. The fraction of sp³-hybridized carbons (Fsp3) is 0.767. The van der Waals surface area contributed by atoms with E-state index < -0.39 is 42.4 Å².